The Kier molecular flexibility index (Phi) is 11.1. The normalized spacial score (nSPS) is 16.1. The fraction of sp³-hybridized carbons (Fsp3) is 0.875. The van der Waals surface area contributed by atoms with Gasteiger partial charge < -0.3 is 10.2 Å². The fourth-order valence-corrected chi connectivity index (χ4v) is 2.16. The number of aliphatic carboxylic acids is 2. The van der Waals surface area contributed by atoms with Crippen molar-refractivity contribution in [3.63, 3.8) is 0 Å². The minimum atomic E-state index is -4.83. The predicted octanol–water partition coefficient (Wildman–Crippen LogP) is 5.15. The van der Waals surface area contributed by atoms with Crippen molar-refractivity contribution < 1.29 is 59.3 Å². The van der Waals surface area contributed by atoms with Gasteiger partial charge in [0, 0.05) is 10.8 Å². The van der Waals surface area contributed by atoms with E-state index in [9.17, 15) is 49.1 Å². The molecule has 0 bridgehead atoms. The largest absolute Gasteiger partial charge is 0.481 e. The molecule has 2 N–H and O–H groups in total. The third-order valence-corrected chi connectivity index (χ3v) is 3.80. The van der Waals surface area contributed by atoms with E-state index in [1.165, 1.54) is 0 Å². The smallest absolute Gasteiger partial charge is 0.338 e. The van der Waals surface area contributed by atoms with Crippen LogP contribution in [0.15, 0.2) is 0 Å². The number of halogens is 9. The summed E-state index contributed by atoms with van der Waals surface area (Å²) in [4.78, 5) is 20.5. The quantitative estimate of drug-likeness (QED) is 0.452. The van der Waals surface area contributed by atoms with E-state index < -0.39 is 72.9 Å². The number of carboxylic acids is 2. The van der Waals surface area contributed by atoms with Crippen molar-refractivity contribution in [3.05, 3.63) is 0 Å². The van der Waals surface area contributed by atoms with Gasteiger partial charge in [-0.05, 0) is 0 Å². The SMILES string of the molecule is CC(C)(CC(=O)O)C(F)C(F)(F)C(F)F.CC(C)(CC(=O)O)C(F)C(F)C(F)F. The molecule has 4 nitrogen and oxygen atoms in total. The van der Waals surface area contributed by atoms with Crippen LogP contribution >= 0.6 is 0 Å². The van der Waals surface area contributed by atoms with E-state index in [4.69, 9.17) is 10.2 Å². The van der Waals surface area contributed by atoms with Crippen molar-refractivity contribution in [2.24, 2.45) is 10.8 Å². The minimum absolute atomic E-state index is 0.693. The van der Waals surface area contributed by atoms with Gasteiger partial charge in [0.05, 0.1) is 12.8 Å². The summed E-state index contributed by atoms with van der Waals surface area (Å²) in [5, 5.41) is 16.6. The molecule has 3 atom stereocenters. The van der Waals surface area contributed by atoms with Crippen LogP contribution in [0.2, 0.25) is 0 Å². The molecule has 0 aromatic rings. The molecule has 0 saturated carbocycles. The van der Waals surface area contributed by atoms with Crippen LogP contribution in [0.4, 0.5) is 39.5 Å². The first-order valence-electron chi connectivity index (χ1n) is 8.00. The van der Waals surface area contributed by atoms with Crippen LogP contribution < -0.4 is 0 Å². The second-order valence-corrected chi connectivity index (χ2v) is 7.64. The maximum Gasteiger partial charge on any atom is 0.338 e. The molecule has 0 saturated heterocycles. The molecular formula is C16H23F9O4. The molecule has 0 aliphatic rings. The summed E-state index contributed by atoms with van der Waals surface area (Å²) >= 11 is 0. The molecule has 174 valence electrons. The van der Waals surface area contributed by atoms with Crippen molar-refractivity contribution in [2.75, 3.05) is 0 Å². The first kappa shape index (κ1) is 29.5. The zero-order valence-electron chi connectivity index (χ0n) is 15.9. The first-order valence-corrected chi connectivity index (χ1v) is 8.00. The van der Waals surface area contributed by atoms with Crippen molar-refractivity contribution in [2.45, 2.75) is 77.8 Å². The summed E-state index contributed by atoms with van der Waals surface area (Å²) in [6, 6.07) is 0. The maximum atomic E-state index is 13.1. The molecule has 0 heterocycles. The molecule has 13 heteroatoms. The average molecular weight is 450 g/mol. The van der Waals surface area contributed by atoms with E-state index in [0.717, 1.165) is 27.7 Å². The van der Waals surface area contributed by atoms with Gasteiger partial charge >= 0.3 is 24.3 Å². The predicted molar refractivity (Wildman–Crippen MR) is 83.7 cm³/mol. The van der Waals surface area contributed by atoms with Crippen LogP contribution in [0.5, 0.6) is 0 Å². The van der Waals surface area contributed by atoms with Crippen LogP contribution in [-0.4, -0.2) is 59.4 Å². The molecule has 0 rings (SSSR count). The molecular weight excluding hydrogens is 427 g/mol. The number of carbonyl (C=O) groups is 2. The number of hydrogen-bond donors (Lipinski definition) is 2. The topological polar surface area (TPSA) is 74.6 Å². The van der Waals surface area contributed by atoms with Gasteiger partial charge in [0.25, 0.3) is 6.43 Å². The Morgan fingerprint density at radius 2 is 1.10 bits per heavy atom. The molecule has 29 heavy (non-hydrogen) atoms. The van der Waals surface area contributed by atoms with Gasteiger partial charge in [-0.2, -0.15) is 8.78 Å². The summed E-state index contributed by atoms with van der Waals surface area (Å²) in [5.41, 5.74) is -3.69. The van der Waals surface area contributed by atoms with Crippen molar-refractivity contribution in [1.82, 2.24) is 0 Å². The molecule has 0 aromatic heterocycles. The van der Waals surface area contributed by atoms with Gasteiger partial charge in [0.2, 0.25) is 0 Å². The molecule has 0 aromatic carbocycles. The summed E-state index contributed by atoms with van der Waals surface area (Å²) in [7, 11) is 0. The van der Waals surface area contributed by atoms with Crippen LogP contribution in [0.25, 0.3) is 0 Å². The van der Waals surface area contributed by atoms with E-state index in [1.54, 1.807) is 0 Å². The highest BCUT2D eigenvalue weighted by molar-refractivity contribution is 5.68. The third kappa shape index (κ3) is 9.57. The molecule has 3 unspecified atom stereocenters. The van der Waals surface area contributed by atoms with Crippen LogP contribution in [-0.2, 0) is 9.59 Å². The van der Waals surface area contributed by atoms with Gasteiger partial charge in [-0.15, -0.1) is 0 Å². The van der Waals surface area contributed by atoms with Gasteiger partial charge in [0.1, 0.15) is 6.17 Å². The standard InChI is InChI=1S/C8H11F5O2.C8H12F4O2/c1-7(2,3-4(14)15)5(9)8(12,13)6(10)11;1-8(2,3-4(13)14)6(10)5(9)7(11)12/h5-6H,3H2,1-2H3,(H,14,15);5-7H,3H2,1-2H3,(H,13,14). The number of alkyl halides is 9. The lowest BCUT2D eigenvalue weighted by Crippen LogP contribution is -2.47. The molecule has 0 aliphatic carbocycles. The number of hydrogen-bond acceptors (Lipinski definition) is 2. The van der Waals surface area contributed by atoms with Gasteiger partial charge in [-0.25, -0.2) is 30.7 Å². The molecule has 0 aliphatic heterocycles. The second-order valence-electron chi connectivity index (χ2n) is 7.64. The zero-order chi connectivity index (χ0) is 24.0. The summed E-state index contributed by atoms with van der Waals surface area (Å²) in [5.74, 6) is -7.70. The lowest BCUT2D eigenvalue weighted by atomic mass is 9.81. The van der Waals surface area contributed by atoms with Crippen LogP contribution in [0, 0.1) is 10.8 Å². The molecule has 0 amide bonds. The lowest BCUT2D eigenvalue weighted by Gasteiger charge is -2.32. The monoisotopic (exact) mass is 450 g/mol. The maximum absolute atomic E-state index is 13.1. The number of carboxylic acid groups (broad SMARTS) is 2. The Labute approximate surface area is 161 Å². The molecule has 0 spiro atoms. The molecule has 0 radical (unpaired) electrons. The summed E-state index contributed by atoms with van der Waals surface area (Å²) < 4.78 is 111. The summed E-state index contributed by atoms with van der Waals surface area (Å²) in [6.45, 7) is 3.92. The average Bonchev–Trinajstić information content (AvgIpc) is 2.50. The van der Waals surface area contributed by atoms with Crippen LogP contribution in [0.3, 0.4) is 0 Å². The van der Waals surface area contributed by atoms with E-state index >= 15 is 0 Å². The Morgan fingerprint density at radius 3 is 1.38 bits per heavy atom. The van der Waals surface area contributed by atoms with Crippen molar-refractivity contribution >= 4 is 11.9 Å². The zero-order valence-corrected chi connectivity index (χ0v) is 15.9. The van der Waals surface area contributed by atoms with E-state index in [-0.39, 0.29) is 0 Å². The Morgan fingerprint density at radius 1 is 0.759 bits per heavy atom. The van der Waals surface area contributed by atoms with Gasteiger partial charge in [0.15, 0.2) is 12.3 Å². The lowest BCUT2D eigenvalue weighted by molar-refractivity contribution is -0.198. The Balaban J connectivity index is 0. The first-order chi connectivity index (χ1) is 12.7. The second kappa shape index (κ2) is 10.9. The molecule has 0 fully saturated rings. The summed E-state index contributed by atoms with van der Waals surface area (Å²) in [6.07, 6.45) is -17.9. The fourth-order valence-electron chi connectivity index (χ4n) is 2.16. The van der Waals surface area contributed by atoms with Gasteiger partial charge in [-0.1, -0.05) is 27.7 Å². The van der Waals surface area contributed by atoms with Gasteiger partial charge in [-0.3, -0.25) is 9.59 Å². The highest BCUT2D eigenvalue weighted by atomic mass is 19.3. The van der Waals surface area contributed by atoms with E-state index in [0.29, 0.717) is 0 Å². The van der Waals surface area contributed by atoms with E-state index in [2.05, 4.69) is 0 Å². The Bertz CT molecular complexity index is 538. The number of rotatable bonds is 10. The van der Waals surface area contributed by atoms with Crippen molar-refractivity contribution in [3.8, 4) is 0 Å². The third-order valence-electron chi connectivity index (χ3n) is 3.80. The van der Waals surface area contributed by atoms with Crippen molar-refractivity contribution in [1.29, 1.82) is 0 Å². The van der Waals surface area contributed by atoms with Crippen LogP contribution in [0.1, 0.15) is 40.5 Å². The van der Waals surface area contributed by atoms with E-state index in [1.807, 2.05) is 0 Å². The highest BCUT2D eigenvalue weighted by Gasteiger charge is 2.56. The Hall–Kier alpha value is -1.69. The highest BCUT2D eigenvalue weighted by Crippen LogP contribution is 2.41. The minimum Gasteiger partial charge on any atom is -0.481 e.